The Morgan fingerprint density at radius 1 is 1.04 bits per heavy atom. The summed E-state index contributed by atoms with van der Waals surface area (Å²) in [7, 11) is 0. The van der Waals surface area contributed by atoms with Gasteiger partial charge in [0.05, 0.1) is 5.56 Å². The number of aromatic carboxylic acids is 1. The third-order valence-electron chi connectivity index (χ3n) is 4.82. The smallest absolute Gasteiger partial charge is 0.335 e. The quantitative estimate of drug-likeness (QED) is 0.831. The van der Waals surface area contributed by atoms with E-state index in [9.17, 15) is 4.79 Å². The van der Waals surface area contributed by atoms with Crippen molar-refractivity contribution in [2.75, 3.05) is 37.6 Å². The van der Waals surface area contributed by atoms with E-state index in [1.165, 1.54) is 29.7 Å². The van der Waals surface area contributed by atoms with Gasteiger partial charge in [0.25, 0.3) is 0 Å². The molecule has 1 N–H and O–H groups in total. The second-order valence-electron chi connectivity index (χ2n) is 6.37. The molecule has 3 rings (SSSR count). The Bertz CT molecular complexity index is 590. The summed E-state index contributed by atoms with van der Waals surface area (Å²) in [5, 5.41) is 8.97. The van der Waals surface area contributed by atoms with Crippen LogP contribution in [0.2, 0.25) is 0 Å². The minimum Gasteiger partial charge on any atom is -0.478 e. The van der Waals surface area contributed by atoms with Crippen molar-refractivity contribution in [2.45, 2.75) is 25.7 Å². The van der Waals surface area contributed by atoms with Crippen LogP contribution in [0.1, 0.15) is 36.0 Å². The first kappa shape index (κ1) is 16.4. The van der Waals surface area contributed by atoms with Crippen molar-refractivity contribution < 1.29 is 9.90 Å². The molecule has 1 aromatic rings. The lowest BCUT2D eigenvalue weighted by molar-refractivity contribution is 0.0697. The first-order valence-electron chi connectivity index (χ1n) is 8.34. The summed E-state index contributed by atoms with van der Waals surface area (Å²) in [5.41, 5.74) is 2.98. The van der Waals surface area contributed by atoms with Gasteiger partial charge in [0.1, 0.15) is 0 Å². The molecule has 0 amide bonds. The van der Waals surface area contributed by atoms with Crippen molar-refractivity contribution in [3.8, 4) is 0 Å². The first-order valence-corrected chi connectivity index (χ1v) is 8.79. The van der Waals surface area contributed by atoms with Crippen LogP contribution >= 0.6 is 12.6 Å². The summed E-state index contributed by atoms with van der Waals surface area (Å²) in [5.74, 6) is -0.871. The molecule has 1 heterocycles. The number of piperazine rings is 1. The number of rotatable bonds is 4. The van der Waals surface area contributed by atoms with Gasteiger partial charge >= 0.3 is 5.97 Å². The highest BCUT2D eigenvalue weighted by Crippen LogP contribution is 2.28. The van der Waals surface area contributed by atoms with Gasteiger partial charge in [-0.1, -0.05) is 0 Å². The summed E-state index contributed by atoms with van der Waals surface area (Å²) in [6.45, 7) is 5.13. The topological polar surface area (TPSA) is 43.8 Å². The van der Waals surface area contributed by atoms with E-state index in [4.69, 9.17) is 5.11 Å². The Balaban J connectivity index is 1.55. The highest BCUT2D eigenvalue weighted by atomic mass is 32.1. The molecule has 2 aliphatic rings. The zero-order valence-electron chi connectivity index (χ0n) is 13.4. The predicted molar refractivity (Wildman–Crippen MR) is 96.5 cm³/mol. The Labute approximate surface area is 143 Å². The molecule has 1 aliphatic carbocycles. The fourth-order valence-electron chi connectivity index (χ4n) is 3.37. The molecule has 0 saturated carbocycles. The third kappa shape index (κ3) is 4.09. The predicted octanol–water partition coefficient (Wildman–Crippen LogP) is 3.26. The number of allylic oxidation sites excluding steroid dienone is 1. The van der Waals surface area contributed by atoms with Gasteiger partial charge in [-0.2, -0.15) is 0 Å². The molecule has 1 fully saturated rings. The molecule has 1 aliphatic heterocycles. The Morgan fingerprint density at radius 2 is 1.70 bits per heavy atom. The summed E-state index contributed by atoms with van der Waals surface area (Å²) in [6, 6.07) is 7.19. The van der Waals surface area contributed by atoms with Crippen molar-refractivity contribution in [3.63, 3.8) is 0 Å². The molecule has 1 saturated heterocycles. The maximum absolute atomic E-state index is 10.9. The fourth-order valence-corrected chi connectivity index (χ4v) is 3.71. The van der Waals surface area contributed by atoms with Crippen LogP contribution in [0.3, 0.4) is 0 Å². The number of carboxylic acids is 1. The van der Waals surface area contributed by atoms with Crippen molar-refractivity contribution in [3.05, 3.63) is 40.3 Å². The molecular formula is C18H24N2O2S. The van der Waals surface area contributed by atoms with E-state index in [1.807, 2.05) is 12.1 Å². The molecule has 0 unspecified atom stereocenters. The number of hydrogen-bond acceptors (Lipinski definition) is 4. The van der Waals surface area contributed by atoms with Crippen LogP contribution in [0, 0.1) is 0 Å². The zero-order chi connectivity index (χ0) is 16.2. The Hall–Kier alpha value is -1.46. The van der Waals surface area contributed by atoms with Crippen LogP contribution in [-0.4, -0.2) is 48.7 Å². The molecule has 0 aromatic heterocycles. The number of nitrogens with zero attached hydrogens (tertiary/aromatic N) is 2. The lowest BCUT2D eigenvalue weighted by Crippen LogP contribution is -2.47. The standard InChI is InChI=1S/C18H24N2O2S/c21-18(22)14-5-7-16(8-6-14)20-11-9-19(10-12-20)13-15-3-1-2-4-17(15)23/h5-8,23H,1-4,9-13H2,(H,21,22). The highest BCUT2D eigenvalue weighted by molar-refractivity contribution is 7.84. The van der Waals surface area contributed by atoms with Crippen LogP contribution < -0.4 is 4.90 Å². The van der Waals surface area contributed by atoms with E-state index in [-0.39, 0.29) is 0 Å². The molecule has 0 atom stereocenters. The second kappa shape index (κ2) is 7.41. The van der Waals surface area contributed by atoms with Crippen molar-refractivity contribution in [1.82, 2.24) is 4.90 Å². The van der Waals surface area contributed by atoms with Crippen molar-refractivity contribution in [2.24, 2.45) is 0 Å². The van der Waals surface area contributed by atoms with Crippen LogP contribution in [-0.2, 0) is 0 Å². The van der Waals surface area contributed by atoms with Gasteiger partial charge in [-0.3, -0.25) is 4.90 Å². The average molecular weight is 332 g/mol. The molecule has 1 aromatic carbocycles. The Kier molecular flexibility index (Phi) is 5.28. The van der Waals surface area contributed by atoms with E-state index in [1.54, 1.807) is 12.1 Å². The minimum atomic E-state index is -0.871. The molecule has 4 nitrogen and oxygen atoms in total. The van der Waals surface area contributed by atoms with Gasteiger partial charge in [-0.05, 0) is 60.4 Å². The number of carbonyl (C=O) groups is 1. The largest absolute Gasteiger partial charge is 0.478 e. The van der Waals surface area contributed by atoms with Crippen LogP contribution in [0.15, 0.2) is 34.7 Å². The number of anilines is 1. The lowest BCUT2D eigenvalue weighted by atomic mass is 9.98. The Morgan fingerprint density at radius 3 is 2.30 bits per heavy atom. The fraction of sp³-hybridized carbons (Fsp3) is 0.500. The molecule has 0 spiro atoms. The monoisotopic (exact) mass is 332 g/mol. The van der Waals surface area contributed by atoms with Gasteiger partial charge in [0.15, 0.2) is 0 Å². The molecule has 0 bridgehead atoms. The van der Waals surface area contributed by atoms with E-state index in [0.717, 1.165) is 44.8 Å². The van der Waals surface area contributed by atoms with Crippen LogP contribution in [0.5, 0.6) is 0 Å². The summed E-state index contributed by atoms with van der Waals surface area (Å²) < 4.78 is 0. The van der Waals surface area contributed by atoms with Gasteiger partial charge in [-0.25, -0.2) is 4.79 Å². The number of thiol groups is 1. The average Bonchev–Trinajstić information content (AvgIpc) is 2.58. The number of benzene rings is 1. The third-order valence-corrected chi connectivity index (χ3v) is 5.36. The lowest BCUT2D eigenvalue weighted by Gasteiger charge is -2.37. The summed E-state index contributed by atoms with van der Waals surface area (Å²) in [4.78, 5) is 17.1. The minimum absolute atomic E-state index is 0.345. The van der Waals surface area contributed by atoms with E-state index < -0.39 is 5.97 Å². The summed E-state index contributed by atoms with van der Waals surface area (Å²) >= 11 is 4.65. The summed E-state index contributed by atoms with van der Waals surface area (Å²) in [6.07, 6.45) is 4.93. The second-order valence-corrected chi connectivity index (χ2v) is 6.91. The van der Waals surface area contributed by atoms with Crippen molar-refractivity contribution >= 4 is 24.3 Å². The van der Waals surface area contributed by atoms with Crippen LogP contribution in [0.4, 0.5) is 5.69 Å². The molecule has 124 valence electrons. The maximum atomic E-state index is 10.9. The van der Waals surface area contributed by atoms with Gasteiger partial charge in [0.2, 0.25) is 0 Å². The van der Waals surface area contributed by atoms with Gasteiger partial charge in [-0.15, -0.1) is 12.6 Å². The zero-order valence-corrected chi connectivity index (χ0v) is 14.3. The van der Waals surface area contributed by atoms with E-state index >= 15 is 0 Å². The maximum Gasteiger partial charge on any atom is 0.335 e. The van der Waals surface area contributed by atoms with Crippen molar-refractivity contribution in [1.29, 1.82) is 0 Å². The first-order chi connectivity index (χ1) is 11.1. The number of hydrogen-bond donors (Lipinski definition) is 2. The van der Waals surface area contributed by atoms with Gasteiger partial charge < -0.3 is 10.0 Å². The number of carboxylic acid groups (broad SMARTS) is 1. The van der Waals surface area contributed by atoms with Crippen LogP contribution in [0.25, 0.3) is 0 Å². The van der Waals surface area contributed by atoms with E-state index in [0.29, 0.717) is 5.56 Å². The SMILES string of the molecule is O=C(O)c1ccc(N2CCN(CC3=C(S)CCCC3)CC2)cc1. The van der Waals surface area contributed by atoms with E-state index in [2.05, 4.69) is 22.4 Å². The molecule has 23 heavy (non-hydrogen) atoms. The molecule has 5 heteroatoms. The van der Waals surface area contributed by atoms with Gasteiger partial charge in [0, 0.05) is 38.4 Å². The normalized spacial score (nSPS) is 20.0. The molecule has 0 radical (unpaired) electrons. The molecular weight excluding hydrogens is 308 g/mol. The highest BCUT2D eigenvalue weighted by Gasteiger charge is 2.20.